The van der Waals surface area contributed by atoms with Gasteiger partial charge in [-0.15, -0.1) is 0 Å². The number of hydrogen-bond donors (Lipinski definition) is 2. The number of hydrogen-bond acceptors (Lipinski definition) is 4. The van der Waals surface area contributed by atoms with Gasteiger partial charge >= 0.3 is 0 Å². The molecule has 1 amide bonds. The fraction of sp³-hybridized carbons (Fsp3) is 0.562. The van der Waals surface area contributed by atoms with Crippen LogP contribution in [0, 0.1) is 5.41 Å². The molecule has 1 aliphatic rings. The third-order valence-electron chi connectivity index (χ3n) is 4.00. The molecule has 1 aromatic rings. The summed E-state index contributed by atoms with van der Waals surface area (Å²) in [5, 5.41) is 3.55. The highest BCUT2D eigenvalue weighted by Crippen LogP contribution is 2.27. The van der Waals surface area contributed by atoms with Gasteiger partial charge < -0.3 is 15.8 Å². The molecule has 2 rings (SSSR count). The molecule has 122 valence electrons. The molecule has 1 unspecified atom stereocenters. The van der Waals surface area contributed by atoms with E-state index in [1.54, 1.807) is 12.1 Å². The quantitative estimate of drug-likeness (QED) is 0.746. The van der Waals surface area contributed by atoms with E-state index in [9.17, 15) is 4.79 Å². The molecule has 6 heteroatoms. The fourth-order valence-corrected chi connectivity index (χ4v) is 2.70. The number of carbonyl (C=O) groups excluding carboxylic acids is 1. The molecule has 1 heterocycles. The number of benzene rings is 1. The van der Waals surface area contributed by atoms with Crippen LogP contribution in [0.3, 0.4) is 0 Å². The molecular formula is C16H24ClN3O2. The summed E-state index contributed by atoms with van der Waals surface area (Å²) in [6, 6.07) is 7.17. The van der Waals surface area contributed by atoms with E-state index < -0.39 is 0 Å². The fourth-order valence-electron chi connectivity index (χ4n) is 2.58. The Hall–Kier alpha value is -1.30. The van der Waals surface area contributed by atoms with Crippen LogP contribution in [0.25, 0.3) is 0 Å². The van der Waals surface area contributed by atoms with Crippen LogP contribution in [-0.4, -0.2) is 50.1 Å². The molecule has 1 saturated heterocycles. The highest BCUT2D eigenvalue weighted by molar-refractivity contribution is 6.30. The van der Waals surface area contributed by atoms with E-state index in [0.717, 1.165) is 25.3 Å². The van der Waals surface area contributed by atoms with Gasteiger partial charge in [-0.25, -0.2) is 0 Å². The second-order valence-corrected chi connectivity index (χ2v) is 6.56. The predicted octanol–water partition coefficient (Wildman–Crippen LogP) is 1.51. The maximum Gasteiger partial charge on any atom is 0.234 e. The van der Waals surface area contributed by atoms with Crippen LogP contribution in [0.4, 0.5) is 0 Å². The second kappa shape index (κ2) is 7.81. The highest BCUT2D eigenvalue weighted by Gasteiger charge is 2.32. The topological polar surface area (TPSA) is 67.6 Å². The first-order chi connectivity index (χ1) is 10.5. The Morgan fingerprint density at radius 2 is 2.18 bits per heavy atom. The first kappa shape index (κ1) is 17.1. The number of rotatable bonds is 7. The summed E-state index contributed by atoms with van der Waals surface area (Å²) >= 11 is 5.80. The second-order valence-electron chi connectivity index (χ2n) is 6.13. The lowest BCUT2D eigenvalue weighted by molar-refractivity contribution is -0.122. The van der Waals surface area contributed by atoms with Crippen molar-refractivity contribution in [1.29, 1.82) is 0 Å². The molecule has 0 radical (unpaired) electrons. The summed E-state index contributed by atoms with van der Waals surface area (Å²) in [5.74, 6) is 0.776. The van der Waals surface area contributed by atoms with Crippen molar-refractivity contribution in [2.75, 3.05) is 39.3 Å². The molecule has 22 heavy (non-hydrogen) atoms. The normalized spacial score (nSPS) is 21.8. The van der Waals surface area contributed by atoms with Crippen molar-refractivity contribution in [1.82, 2.24) is 10.2 Å². The van der Waals surface area contributed by atoms with Crippen LogP contribution < -0.4 is 15.8 Å². The maximum absolute atomic E-state index is 11.9. The van der Waals surface area contributed by atoms with Gasteiger partial charge in [0, 0.05) is 11.6 Å². The number of halogens is 1. The van der Waals surface area contributed by atoms with Crippen LogP contribution in [0.5, 0.6) is 5.75 Å². The molecule has 1 fully saturated rings. The Bertz CT molecular complexity index is 495. The minimum Gasteiger partial charge on any atom is -0.492 e. The Morgan fingerprint density at radius 1 is 1.45 bits per heavy atom. The summed E-state index contributed by atoms with van der Waals surface area (Å²) in [7, 11) is 0. The van der Waals surface area contributed by atoms with Crippen LogP contribution in [0.1, 0.15) is 13.3 Å². The first-order valence-corrected chi connectivity index (χ1v) is 7.96. The predicted molar refractivity (Wildman–Crippen MR) is 88.2 cm³/mol. The minimum absolute atomic E-state index is 0.0287. The van der Waals surface area contributed by atoms with E-state index in [0.29, 0.717) is 31.3 Å². The summed E-state index contributed by atoms with van der Waals surface area (Å²) < 4.78 is 5.53. The third-order valence-corrected chi connectivity index (χ3v) is 4.26. The Labute approximate surface area is 136 Å². The van der Waals surface area contributed by atoms with E-state index in [2.05, 4.69) is 17.1 Å². The standard InChI is InChI=1S/C16H24ClN3O2/c1-16(11-18)6-8-20(12-16)10-15(21)19-7-9-22-14-4-2-13(17)3-5-14/h2-5H,6-12,18H2,1H3,(H,19,21). The van der Waals surface area contributed by atoms with E-state index in [4.69, 9.17) is 22.1 Å². The Morgan fingerprint density at radius 3 is 2.82 bits per heavy atom. The lowest BCUT2D eigenvalue weighted by Gasteiger charge is -2.22. The van der Waals surface area contributed by atoms with Crippen LogP contribution in [0.15, 0.2) is 24.3 Å². The van der Waals surface area contributed by atoms with Crippen molar-refractivity contribution in [2.24, 2.45) is 11.1 Å². The van der Waals surface area contributed by atoms with E-state index >= 15 is 0 Å². The molecule has 0 aliphatic carbocycles. The third kappa shape index (κ3) is 5.16. The summed E-state index contributed by atoms with van der Waals surface area (Å²) in [6.45, 7) is 6.01. The van der Waals surface area contributed by atoms with Crippen molar-refractivity contribution in [2.45, 2.75) is 13.3 Å². The number of likely N-dealkylation sites (tertiary alicyclic amines) is 1. The van der Waals surface area contributed by atoms with Gasteiger partial charge in [-0.1, -0.05) is 18.5 Å². The number of ether oxygens (including phenoxy) is 1. The number of nitrogens with one attached hydrogen (secondary N) is 1. The SMILES string of the molecule is CC1(CN)CCN(CC(=O)NCCOc2ccc(Cl)cc2)C1. The van der Waals surface area contributed by atoms with E-state index in [-0.39, 0.29) is 11.3 Å². The Balaban J connectivity index is 1.61. The van der Waals surface area contributed by atoms with Crippen LogP contribution in [-0.2, 0) is 4.79 Å². The van der Waals surface area contributed by atoms with Gasteiger partial charge in [0.25, 0.3) is 0 Å². The van der Waals surface area contributed by atoms with Crippen molar-refractivity contribution < 1.29 is 9.53 Å². The van der Waals surface area contributed by atoms with Crippen LogP contribution >= 0.6 is 11.6 Å². The Kier molecular flexibility index (Phi) is 6.06. The zero-order valence-electron chi connectivity index (χ0n) is 13.0. The molecule has 0 bridgehead atoms. The van der Waals surface area contributed by atoms with Crippen molar-refractivity contribution in [3.63, 3.8) is 0 Å². The zero-order valence-corrected chi connectivity index (χ0v) is 13.7. The summed E-state index contributed by atoms with van der Waals surface area (Å²) in [4.78, 5) is 14.1. The van der Waals surface area contributed by atoms with Gasteiger partial charge in [0.1, 0.15) is 12.4 Å². The smallest absolute Gasteiger partial charge is 0.234 e. The average molecular weight is 326 g/mol. The van der Waals surface area contributed by atoms with Crippen molar-refractivity contribution >= 4 is 17.5 Å². The number of nitrogens with two attached hydrogens (primary N) is 1. The van der Waals surface area contributed by atoms with Gasteiger partial charge in [-0.2, -0.15) is 0 Å². The summed E-state index contributed by atoms with van der Waals surface area (Å²) in [6.07, 6.45) is 1.05. The lowest BCUT2D eigenvalue weighted by atomic mass is 9.90. The number of nitrogens with zero attached hydrogens (tertiary/aromatic N) is 1. The average Bonchev–Trinajstić information content (AvgIpc) is 2.87. The summed E-state index contributed by atoms with van der Waals surface area (Å²) in [5.41, 5.74) is 5.92. The van der Waals surface area contributed by atoms with Gasteiger partial charge in [0.15, 0.2) is 0 Å². The molecule has 1 aromatic carbocycles. The first-order valence-electron chi connectivity index (χ1n) is 7.58. The van der Waals surface area contributed by atoms with Crippen molar-refractivity contribution in [3.8, 4) is 5.75 Å². The largest absolute Gasteiger partial charge is 0.492 e. The van der Waals surface area contributed by atoms with Gasteiger partial charge in [0.2, 0.25) is 5.91 Å². The maximum atomic E-state index is 11.9. The molecule has 3 N–H and O–H groups in total. The van der Waals surface area contributed by atoms with Gasteiger partial charge in [-0.05, 0) is 49.2 Å². The van der Waals surface area contributed by atoms with E-state index in [1.165, 1.54) is 0 Å². The highest BCUT2D eigenvalue weighted by atomic mass is 35.5. The number of carbonyl (C=O) groups is 1. The molecular weight excluding hydrogens is 302 g/mol. The minimum atomic E-state index is 0.0287. The van der Waals surface area contributed by atoms with Crippen LogP contribution in [0.2, 0.25) is 5.02 Å². The molecule has 0 aromatic heterocycles. The molecule has 1 aliphatic heterocycles. The monoisotopic (exact) mass is 325 g/mol. The van der Waals surface area contributed by atoms with Crippen molar-refractivity contribution in [3.05, 3.63) is 29.3 Å². The molecule has 1 atom stereocenters. The lowest BCUT2D eigenvalue weighted by Crippen LogP contribution is -2.39. The molecule has 0 saturated carbocycles. The number of amides is 1. The van der Waals surface area contributed by atoms with Gasteiger partial charge in [0.05, 0.1) is 13.1 Å². The van der Waals surface area contributed by atoms with Gasteiger partial charge in [-0.3, -0.25) is 9.69 Å². The zero-order chi connectivity index (χ0) is 16.0. The molecule has 0 spiro atoms. The molecule has 5 nitrogen and oxygen atoms in total. The van der Waals surface area contributed by atoms with E-state index in [1.807, 2.05) is 12.1 Å².